The minimum absolute atomic E-state index is 0.000825. The number of benzene rings is 1. The number of H-pyrrole nitrogens is 1. The molecule has 0 spiro atoms. The summed E-state index contributed by atoms with van der Waals surface area (Å²) in [5.74, 6) is -1.20. The van der Waals surface area contributed by atoms with Crippen molar-refractivity contribution in [3.63, 3.8) is 0 Å². The Bertz CT molecular complexity index is 984. The fourth-order valence-electron chi connectivity index (χ4n) is 2.35. The maximum Gasteiger partial charge on any atom is 0.359 e. The van der Waals surface area contributed by atoms with Gasteiger partial charge in [-0.25, -0.2) is 9.78 Å². The second kappa shape index (κ2) is 7.04. The first-order valence-electron chi connectivity index (χ1n) is 7.21. The third-order valence-corrected chi connectivity index (χ3v) is 4.86. The number of ketones is 1. The molecule has 25 heavy (non-hydrogen) atoms. The molecule has 3 rings (SSSR count). The Kier molecular flexibility index (Phi) is 4.99. The van der Waals surface area contributed by atoms with Crippen molar-refractivity contribution in [2.75, 3.05) is 0 Å². The number of fused-ring (bicyclic) bond motifs is 1. The molecule has 0 radical (unpaired) electrons. The van der Waals surface area contributed by atoms with Gasteiger partial charge >= 0.3 is 5.97 Å². The highest BCUT2D eigenvalue weighted by atomic mass is 35.5. The number of rotatable bonds is 4. The highest BCUT2D eigenvalue weighted by Gasteiger charge is 2.25. The number of nitrogens with one attached hydrogen (secondary N) is 1. The number of carbonyl (C=O) groups is 2. The normalized spacial score (nSPS) is 12.2. The highest BCUT2D eigenvalue weighted by molar-refractivity contribution is 6.48. The van der Waals surface area contributed by atoms with Gasteiger partial charge in [0.05, 0.1) is 15.1 Å². The number of aromatic nitrogens is 2. The molecule has 0 fully saturated rings. The van der Waals surface area contributed by atoms with Crippen LogP contribution in [0, 0.1) is 0 Å². The molecule has 0 amide bonds. The molecule has 0 aliphatic heterocycles. The first-order chi connectivity index (χ1) is 11.9. The molecule has 0 bridgehead atoms. The summed E-state index contributed by atoms with van der Waals surface area (Å²) < 4.78 is 5.20. The number of hydrogen-bond donors (Lipinski definition) is 1. The van der Waals surface area contributed by atoms with Crippen LogP contribution in [0.2, 0.25) is 15.1 Å². The van der Waals surface area contributed by atoms with Gasteiger partial charge in [0, 0.05) is 28.9 Å². The Morgan fingerprint density at radius 3 is 2.64 bits per heavy atom. The van der Waals surface area contributed by atoms with Crippen LogP contribution in [-0.2, 0) is 4.74 Å². The van der Waals surface area contributed by atoms with E-state index in [-0.39, 0.29) is 26.5 Å². The minimum atomic E-state index is -1.03. The SMILES string of the molecule is CC(OC(=O)c1ncc(Cl)c(Cl)c1Cl)C(=O)c1c[nH]c2ccccc12. The average Bonchev–Trinajstić information content (AvgIpc) is 3.03. The molecule has 8 heteroatoms. The Balaban J connectivity index is 1.82. The first kappa shape index (κ1) is 17.7. The van der Waals surface area contributed by atoms with Gasteiger partial charge in [0.2, 0.25) is 5.78 Å². The third kappa shape index (κ3) is 3.35. The standard InChI is InChI=1S/C17H11Cl3N2O3/c1-8(16(23)10-6-21-12-5-3-2-4-9(10)12)25-17(24)15-14(20)13(19)11(18)7-22-15/h2-8,21H,1H3. The van der Waals surface area contributed by atoms with E-state index in [4.69, 9.17) is 39.5 Å². The van der Waals surface area contributed by atoms with Gasteiger partial charge in [-0.15, -0.1) is 0 Å². The summed E-state index contributed by atoms with van der Waals surface area (Å²) in [7, 11) is 0. The lowest BCUT2D eigenvalue weighted by atomic mass is 10.1. The van der Waals surface area contributed by atoms with Gasteiger partial charge < -0.3 is 9.72 Å². The minimum Gasteiger partial charge on any atom is -0.449 e. The molecule has 0 saturated heterocycles. The molecule has 3 aromatic rings. The van der Waals surface area contributed by atoms with Gasteiger partial charge in [-0.05, 0) is 13.0 Å². The van der Waals surface area contributed by atoms with Gasteiger partial charge in [0.25, 0.3) is 0 Å². The molecule has 1 N–H and O–H groups in total. The van der Waals surface area contributed by atoms with Crippen molar-refractivity contribution in [3.8, 4) is 0 Å². The number of pyridine rings is 1. The van der Waals surface area contributed by atoms with E-state index in [0.717, 1.165) is 10.9 Å². The molecular weight excluding hydrogens is 387 g/mol. The molecule has 0 aliphatic carbocycles. The van der Waals surface area contributed by atoms with Crippen molar-refractivity contribution in [1.29, 1.82) is 0 Å². The molecule has 2 heterocycles. The molecule has 1 aromatic carbocycles. The van der Waals surface area contributed by atoms with Crippen LogP contribution in [0.4, 0.5) is 0 Å². The maximum absolute atomic E-state index is 12.6. The van der Waals surface area contributed by atoms with Gasteiger partial charge in [-0.3, -0.25) is 4.79 Å². The molecule has 0 saturated carbocycles. The number of para-hydroxylation sites is 1. The number of hydrogen-bond acceptors (Lipinski definition) is 4. The second-order valence-electron chi connectivity index (χ2n) is 5.24. The fourth-order valence-corrected chi connectivity index (χ4v) is 2.91. The van der Waals surface area contributed by atoms with Gasteiger partial charge in [0.1, 0.15) is 0 Å². The molecule has 0 aliphatic rings. The molecule has 5 nitrogen and oxygen atoms in total. The van der Waals surface area contributed by atoms with Gasteiger partial charge in [-0.1, -0.05) is 53.0 Å². The summed E-state index contributed by atoms with van der Waals surface area (Å²) in [4.78, 5) is 31.7. The summed E-state index contributed by atoms with van der Waals surface area (Å²) in [6.07, 6.45) is 1.75. The summed E-state index contributed by atoms with van der Waals surface area (Å²) in [5.41, 5.74) is 1.05. The van der Waals surface area contributed by atoms with E-state index in [0.29, 0.717) is 5.56 Å². The zero-order valence-corrected chi connectivity index (χ0v) is 15.1. The lowest BCUT2D eigenvalue weighted by Gasteiger charge is -2.12. The zero-order valence-electron chi connectivity index (χ0n) is 12.8. The molecule has 1 unspecified atom stereocenters. The largest absolute Gasteiger partial charge is 0.449 e. The summed E-state index contributed by atoms with van der Waals surface area (Å²) in [5, 5.41) is 0.749. The van der Waals surface area contributed by atoms with Crippen molar-refractivity contribution >= 4 is 57.5 Å². The fraction of sp³-hybridized carbons (Fsp3) is 0.118. The summed E-state index contributed by atoms with van der Waals surface area (Å²) >= 11 is 17.6. The Morgan fingerprint density at radius 1 is 1.16 bits per heavy atom. The predicted molar refractivity (Wildman–Crippen MR) is 96.8 cm³/mol. The van der Waals surface area contributed by atoms with Crippen LogP contribution in [-0.4, -0.2) is 27.8 Å². The van der Waals surface area contributed by atoms with E-state index in [2.05, 4.69) is 9.97 Å². The number of Topliss-reactive ketones (excluding diaryl/α,β-unsaturated/α-hetero) is 1. The number of ether oxygens (including phenoxy) is 1. The highest BCUT2D eigenvalue weighted by Crippen LogP contribution is 2.31. The topological polar surface area (TPSA) is 72.0 Å². The Hall–Kier alpha value is -2.08. The monoisotopic (exact) mass is 396 g/mol. The van der Waals surface area contributed by atoms with Crippen molar-refractivity contribution in [2.24, 2.45) is 0 Å². The second-order valence-corrected chi connectivity index (χ2v) is 6.41. The molecule has 2 aromatic heterocycles. The zero-order chi connectivity index (χ0) is 18.1. The van der Waals surface area contributed by atoms with E-state index >= 15 is 0 Å². The first-order valence-corrected chi connectivity index (χ1v) is 8.34. The van der Waals surface area contributed by atoms with Crippen LogP contribution in [0.15, 0.2) is 36.7 Å². The van der Waals surface area contributed by atoms with E-state index in [1.165, 1.54) is 13.1 Å². The number of esters is 1. The number of halogens is 3. The summed E-state index contributed by atoms with van der Waals surface area (Å²) in [6, 6.07) is 7.34. The van der Waals surface area contributed by atoms with Crippen LogP contribution >= 0.6 is 34.8 Å². The lowest BCUT2D eigenvalue weighted by Crippen LogP contribution is -2.25. The molecule has 128 valence electrons. The average molecular weight is 398 g/mol. The predicted octanol–water partition coefficient (Wildman–Crippen LogP) is 4.95. The smallest absolute Gasteiger partial charge is 0.359 e. The number of aromatic amines is 1. The van der Waals surface area contributed by atoms with Crippen molar-refractivity contribution < 1.29 is 14.3 Å². The van der Waals surface area contributed by atoms with Crippen LogP contribution in [0.1, 0.15) is 27.8 Å². The van der Waals surface area contributed by atoms with Crippen LogP contribution in [0.25, 0.3) is 10.9 Å². The maximum atomic E-state index is 12.6. The third-order valence-electron chi connectivity index (χ3n) is 3.62. The number of nitrogens with zero attached hydrogens (tertiary/aromatic N) is 1. The van der Waals surface area contributed by atoms with Crippen molar-refractivity contribution in [2.45, 2.75) is 13.0 Å². The molecule has 1 atom stereocenters. The van der Waals surface area contributed by atoms with Crippen LogP contribution in [0.5, 0.6) is 0 Å². The Morgan fingerprint density at radius 2 is 1.88 bits per heavy atom. The lowest BCUT2D eigenvalue weighted by molar-refractivity contribution is 0.0314. The number of carbonyl (C=O) groups excluding carboxylic acids is 2. The van der Waals surface area contributed by atoms with E-state index in [1.807, 2.05) is 24.3 Å². The van der Waals surface area contributed by atoms with E-state index < -0.39 is 12.1 Å². The van der Waals surface area contributed by atoms with Crippen molar-refractivity contribution in [1.82, 2.24) is 9.97 Å². The van der Waals surface area contributed by atoms with Gasteiger partial charge in [0.15, 0.2) is 11.8 Å². The van der Waals surface area contributed by atoms with Crippen LogP contribution in [0.3, 0.4) is 0 Å². The Labute approximate surface area is 157 Å². The van der Waals surface area contributed by atoms with E-state index in [9.17, 15) is 9.59 Å². The van der Waals surface area contributed by atoms with Crippen LogP contribution < -0.4 is 0 Å². The summed E-state index contributed by atoms with van der Waals surface area (Å²) in [6.45, 7) is 1.48. The van der Waals surface area contributed by atoms with Crippen molar-refractivity contribution in [3.05, 3.63) is 63.0 Å². The molecular formula is C17H11Cl3N2O3. The quantitative estimate of drug-likeness (QED) is 0.499. The van der Waals surface area contributed by atoms with Gasteiger partial charge in [-0.2, -0.15) is 0 Å². The van der Waals surface area contributed by atoms with E-state index in [1.54, 1.807) is 6.20 Å².